The van der Waals surface area contributed by atoms with Crippen LogP contribution in [-0.2, 0) is 0 Å². The Bertz CT molecular complexity index is 599. The van der Waals surface area contributed by atoms with Gasteiger partial charge in [-0.2, -0.15) is 13.2 Å². The number of benzene rings is 1. The van der Waals surface area contributed by atoms with E-state index in [1.807, 2.05) is 13.8 Å². The summed E-state index contributed by atoms with van der Waals surface area (Å²) in [6.07, 6.45) is -3.19. The van der Waals surface area contributed by atoms with Crippen LogP contribution < -0.4 is 5.73 Å². The normalized spacial score (nSPS) is 15.7. The van der Waals surface area contributed by atoms with E-state index in [2.05, 4.69) is 4.98 Å². The Hall–Kier alpha value is -1.56. The van der Waals surface area contributed by atoms with Crippen molar-refractivity contribution < 1.29 is 13.2 Å². The van der Waals surface area contributed by atoms with Gasteiger partial charge in [0.2, 0.25) is 0 Å². The first-order chi connectivity index (χ1) is 8.71. The molecule has 2 atom stereocenters. The first-order valence-electron chi connectivity index (χ1n) is 5.98. The predicted octanol–water partition coefficient (Wildman–Crippen LogP) is 3.10. The summed E-state index contributed by atoms with van der Waals surface area (Å²) in [6, 6.07) is 0.702. The molecule has 0 aliphatic heterocycles. The van der Waals surface area contributed by atoms with Crippen molar-refractivity contribution in [3.05, 3.63) is 29.6 Å². The first-order valence-corrected chi connectivity index (χ1v) is 5.98. The molecule has 0 bridgehead atoms. The molecular weight excluding hydrogens is 255 g/mol. The van der Waals surface area contributed by atoms with Gasteiger partial charge in [-0.05, 0) is 44.0 Å². The summed E-state index contributed by atoms with van der Waals surface area (Å²) >= 11 is 0. The fourth-order valence-corrected chi connectivity index (χ4v) is 2.21. The molecule has 2 N–H and O–H groups in total. The fourth-order valence-electron chi connectivity index (χ4n) is 2.21. The average molecular weight is 271 g/mol. The van der Waals surface area contributed by atoms with Gasteiger partial charge in [0, 0.05) is 6.04 Å². The second-order valence-electron chi connectivity index (χ2n) is 4.92. The highest BCUT2D eigenvalue weighted by molar-refractivity contribution is 5.77. The molecule has 0 aliphatic carbocycles. The summed E-state index contributed by atoms with van der Waals surface area (Å²) in [7, 11) is 0. The van der Waals surface area contributed by atoms with Crippen LogP contribution in [0.15, 0.2) is 18.5 Å². The molecule has 1 heterocycles. The van der Waals surface area contributed by atoms with Gasteiger partial charge in [-0.15, -0.1) is 0 Å². The van der Waals surface area contributed by atoms with E-state index in [4.69, 9.17) is 5.73 Å². The summed E-state index contributed by atoms with van der Waals surface area (Å²) < 4.78 is 40.5. The molecule has 0 saturated heterocycles. The Morgan fingerprint density at radius 2 is 1.79 bits per heavy atom. The number of fused-ring (bicyclic) bond motifs is 1. The molecule has 0 radical (unpaired) electrons. The third kappa shape index (κ3) is 2.45. The van der Waals surface area contributed by atoms with Gasteiger partial charge in [0.15, 0.2) is 0 Å². The highest BCUT2D eigenvalue weighted by Gasteiger charge is 2.43. The highest BCUT2D eigenvalue weighted by atomic mass is 19.4. The SMILES string of the molecule is Cc1cc2ncn(C(C(C)N)C(F)(F)F)c2cc1C. The maximum absolute atomic E-state index is 13.1. The van der Waals surface area contributed by atoms with Crippen LogP contribution in [0.2, 0.25) is 0 Å². The van der Waals surface area contributed by atoms with Gasteiger partial charge < -0.3 is 10.3 Å². The van der Waals surface area contributed by atoms with E-state index in [1.165, 1.54) is 13.3 Å². The van der Waals surface area contributed by atoms with Gasteiger partial charge in [-0.3, -0.25) is 0 Å². The number of nitrogens with zero attached hydrogens (tertiary/aromatic N) is 2. The lowest BCUT2D eigenvalue weighted by Gasteiger charge is -2.25. The van der Waals surface area contributed by atoms with Crippen LogP contribution in [0.5, 0.6) is 0 Å². The van der Waals surface area contributed by atoms with Crippen LogP contribution in [0.3, 0.4) is 0 Å². The summed E-state index contributed by atoms with van der Waals surface area (Å²) in [5, 5.41) is 0. The van der Waals surface area contributed by atoms with E-state index < -0.39 is 18.3 Å². The third-order valence-corrected chi connectivity index (χ3v) is 3.32. The van der Waals surface area contributed by atoms with E-state index >= 15 is 0 Å². The number of aryl methyl sites for hydroxylation is 2. The number of rotatable bonds is 2. The Morgan fingerprint density at radius 1 is 1.21 bits per heavy atom. The molecule has 0 fully saturated rings. The van der Waals surface area contributed by atoms with Crippen LogP contribution in [0.1, 0.15) is 24.1 Å². The number of aromatic nitrogens is 2. The molecule has 104 valence electrons. The quantitative estimate of drug-likeness (QED) is 0.912. The Balaban J connectivity index is 2.64. The zero-order chi connectivity index (χ0) is 14.4. The molecule has 1 aromatic heterocycles. The maximum atomic E-state index is 13.1. The lowest BCUT2D eigenvalue weighted by atomic mass is 10.1. The summed E-state index contributed by atoms with van der Waals surface area (Å²) in [5.74, 6) is 0. The average Bonchev–Trinajstić information content (AvgIpc) is 2.60. The van der Waals surface area contributed by atoms with Crippen LogP contribution in [0.4, 0.5) is 13.2 Å². The molecule has 0 saturated carbocycles. The molecule has 19 heavy (non-hydrogen) atoms. The first kappa shape index (κ1) is 13.9. The van der Waals surface area contributed by atoms with Gasteiger partial charge in [0.05, 0.1) is 17.4 Å². The standard InChI is InChI=1S/C13H16F3N3/c1-7-4-10-11(5-8(7)2)19(6-18-10)12(9(3)17)13(14,15)16/h4-6,9,12H,17H2,1-3H3. The number of imidazole rings is 1. The number of alkyl halides is 3. The van der Waals surface area contributed by atoms with Crippen molar-refractivity contribution in [2.45, 2.75) is 39.0 Å². The number of hydrogen-bond acceptors (Lipinski definition) is 2. The summed E-state index contributed by atoms with van der Waals surface area (Å²) in [6.45, 7) is 5.12. The highest BCUT2D eigenvalue weighted by Crippen LogP contribution is 2.35. The molecule has 0 aliphatic rings. The van der Waals surface area contributed by atoms with Gasteiger partial charge in [-0.25, -0.2) is 4.98 Å². The van der Waals surface area contributed by atoms with Crippen LogP contribution >= 0.6 is 0 Å². The molecule has 0 amide bonds. The number of halogens is 3. The van der Waals surface area contributed by atoms with Crippen molar-refractivity contribution in [3.63, 3.8) is 0 Å². The molecular formula is C13H16F3N3. The van der Waals surface area contributed by atoms with Crippen LogP contribution in [-0.4, -0.2) is 21.8 Å². The lowest BCUT2D eigenvalue weighted by Crippen LogP contribution is -2.39. The summed E-state index contributed by atoms with van der Waals surface area (Å²) in [5.41, 5.74) is 8.45. The van der Waals surface area contributed by atoms with E-state index in [1.54, 1.807) is 12.1 Å². The van der Waals surface area contributed by atoms with Gasteiger partial charge in [0.1, 0.15) is 6.04 Å². The Labute approximate surface area is 109 Å². The van der Waals surface area contributed by atoms with Crippen molar-refractivity contribution in [3.8, 4) is 0 Å². The van der Waals surface area contributed by atoms with Crippen LogP contribution in [0.25, 0.3) is 11.0 Å². The van der Waals surface area contributed by atoms with Gasteiger partial charge in [0.25, 0.3) is 0 Å². The minimum atomic E-state index is -4.40. The maximum Gasteiger partial charge on any atom is 0.410 e. The smallest absolute Gasteiger partial charge is 0.326 e. The second-order valence-corrected chi connectivity index (χ2v) is 4.92. The molecule has 2 rings (SSSR count). The monoisotopic (exact) mass is 271 g/mol. The van der Waals surface area contributed by atoms with E-state index in [9.17, 15) is 13.2 Å². The molecule has 1 aromatic carbocycles. The Morgan fingerprint density at radius 3 is 2.32 bits per heavy atom. The van der Waals surface area contributed by atoms with Crippen molar-refractivity contribution >= 4 is 11.0 Å². The molecule has 2 aromatic rings. The number of hydrogen-bond donors (Lipinski definition) is 1. The Kier molecular flexibility index (Phi) is 3.30. The van der Waals surface area contributed by atoms with E-state index in [0.29, 0.717) is 11.0 Å². The zero-order valence-electron chi connectivity index (χ0n) is 11.0. The third-order valence-electron chi connectivity index (χ3n) is 3.32. The van der Waals surface area contributed by atoms with Crippen LogP contribution in [0, 0.1) is 13.8 Å². The van der Waals surface area contributed by atoms with Crippen molar-refractivity contribution in [1.82, 2.24) is 9.55 Å². The van der Waals surface area contributed by atoms with Crippen molar-refractivity contribution in [2.24, 2.45) is 5.73 Å². The van der Waals surface area contributed by atoms with Crippen molar-refractivity contribution in [2.75, 3.05) is 0 Å². The second kappa shape index (κ2) is 4.52. The van der Waals surface area contributed by atoms with E-state index in [0.717, 1.165) is 15.7 Å². The topological polar surface area (TPSA) is 43.8 Å². The zero-order valence-corrected chi connectivity index (χ0v) is 11.0. The van der Waals surface area contributed by atoms with Gasteiger partial charge in [-0.1, -0.05) is 0 Å². The molecule has 2 unspecified atom stereocenters. The molecule has 3 nitrogen and oxygen atoms in total. The number of nitrogens with two attached hydrogens (primary N) is 1. The largest absolute Gasteiger partial charge is 0.410 e. The van der Waals surface area contributed by atoms with Crippen molar-refractivity contribution in [1.29, 1.82) is 0 Å². The minimum Gasteiger partial charge on any atom is -0.326 e. The van der Waals surface area contributed by atoms with E-state index in [-0.39, 0.29) is 0 Å². The van der Waals surface area contributed by atoms with Gasteiger partial charge >= 0.3 is 6.18 Å². The summed E-state index contributed by atoms with van der Waals surface area (Å²) in [4.78, 5) is 4.04. The molecule has 0 spiro atoms. The fraction of sp³-hybridized carbons (Fsp3) is 0.462. The predicted molar refractivity (Wildman–Crippen MR) is 67.9 cm³/mol. The molecule has 6 heteroatoms. The minimum absolute atomic E-state index is 0.461. The lowest BCUT2D eigenvalue weighted by molar-refractivity contribution is -0.170.